The smallest absolute Gasteiger partial charge is 0.273 e. The van der Waals surface area contributed by atoms with Crippen molar-refractivity contribution >= 4 is 44.8 Å². The largest absolute Gasteiger partial charge is 0.495 e. The van der Waals surface area contributed by atoms with Crippen LogP contribution < -0.4 is 14.4 Å². The molecule has 52 heavy (non-hydrogen) atoms. The van der Waals surface area contributed by atoms with Crippen LogP contribution in [0.1, 0.15) is 54.4 Å². The van der Waals surface area contributed by atoms with E-state index in [-0.39, 0.29) is 46.9 Å². The first-order valence-electron chi connectivity index (χ1n) is 17.2. The number of nitrogens with one attached hydrogen (secondary N) is 1. The van der Waals surface area contributed by atoms with E-state index in [1.807, 2.05) is 61.5 Å². The molecular formula is C39H43ClN4O7S. The van der Waals surface area contributed by atoms with E-state index in [0.29, 0.717) is 0 Å². The number of ether oxygens (including phenoxy) is 1. The van der Waals surface area contributed by atoms with Crippen LogP contribution in [0.2, 0.25) is 5.02 Å². The van der Waals surface area contributed by atoms with Gasteiger partial charge in [-0.05, 0) is 62.1 Å². The Kier molecular flexibility index (Phi) is 12.6. The monoisotopic (exact) mass is 746 g/mol. The number of carbonyl (C=O) groups excluding carboxylic acids is 2. The molecule has 13 heteroatoms. The minimum Gasteiger partial charge on any atom is -0.495 e. The molecule has 0 saturated heterocycles. The third-order valence-electron chi connectivity index (χ3n) is 9.35. The number of amides is 2. The number of methoxy groups -OCH3 is 1. The molecule has 1 fully saturated rings. The Balaban J connectivity index is 1.63. The van der Waals surface area contributed by atoms with E-state index in [0.717, 1.165) is 59.2 Å². The highest BCUT2D eigenvalue weighted by molar-refractivity contribution is 7.92. The van der Waals surface area contributed by atoms with Gasteiger partial charge in [-0.25, -0.2) is 8.42 Å². The quantitative estimate of drug-likeness (QED) is 0.107. The average molecular weight is 747 g/mol. The molecule has 11 nitrogen and oxygen atoms in total. The van der Waals surface area contributed by atoms with E-state index in [9.17, 15) is 28.1 Å². The molecule has 1 aliphatic carbocycles. The van der Waals surface area contributed by atoms with Gasteiger partial charge in [0.15, 0.2) is 0 Å². The van der Waals surface area contributed by atoms with Gasteiger partial charge in [0.2, 0.25) is 11.8 Å². The lowest BCUT2D eigenvalue weighted by atomic mass is 9.94. The molecule has 0 heterocycles. The number of nitrogens with zero attached hydrogens (tertiary/aromatic N) is 3. The number of halogens is 1. The van der Waals surface area contributed by atoms with E-state index in [1.165, 1.54) is 49.3 Å². The lowest BCUT2D eigenvalue weighted by Crippen LogP contribution is -2.55. The van der Waals surface area contributed by atoms with Gasteiger partial charge in [-0.15, -0.1) is 0 Å². The van der Waals surface area contributed by atoms with Crippen LogP contribution in [0.25, 0.3) is 0 Å². The SMILES string of the molecule is COc1ccc(Cl)cc1N(CC(=O)N(Cc1ccc(C)cc1)C(Cc1ccccc1)C(=O)NC1CCCCC1)S(=O)(=O)c1ccc(C)c([N+](=O)[O-])c1. The Morgan fingerprint density at radius 2 is 1.63 bits per heavy atom. The minimum atomic E-state index is -4.67. The van der Waals surface area contributed by atoms with Crippen LogP contribution in [-0.2, 0) is 32.6 Å². The van der Waals surface area contributed by atoms with E-state index < -0.39 is 44.0 Å². The lowest BCUT2D eigenvalue weighted by molar-refractivity contribution is -0.385. The first-order chi connectivity index (χ1) is 24.9. The topological polar surface area (TPSA) is 139 Å². The fourth-order valence-corrected chi connectivity index (χ4v) is 8.04. The van der Waals surface area contributed by atoms with Gasteiger partial charge in [-0.1, -0.05) is 97.1 Å². The molecule has 1 saturated carbocycles. The fourth-order valence-electron chi connectivity index (χ4n) is 6.43. The molecule has 2 amide bonds. The summed E-state index contributed by atoms with van der Waals surface area (Å²) in [5.41, 5.74) is 2.40. The second-order valence-electron chi connectivity index (χ2n) is 13.1. The Morgan fingerprint density at radius 1 is 0.942 bits per heavy atom. The van der Waals surface area contributed by atoms with Gasteiger partial charge in [-0.2, -0.15) is 0 Å². The van der Waals surface area contributed by atoms with Gasteiger partial charge < -0.3 is 15.0 Å². The molecule has 0 aromatic heterocycles. The van der Waals surface area contributed by atoms with Gasteiger partial charge in [0.1, 0.15) is 18.3 Å². The Morgan fingerprint density at radius 3 is 2.29 bits per heavy atom. The zero-order chi connectivity index (χ0) is 37.4. The highest BCUT2D eigenvalue weighted by Gasteiger charge is 2.37. The maximum absolute atomic E-state index is 14.9. The fraction of sp³-hybridized carbons (Fsp3) is 0.333. The number of hydrogen-bond acceptors (Lipinski definition) is 7. The molecule has 1 atom stereocenters. The van der Waals surface area contributed by atoms with E-state index in [4.69, 9.17) is 16.3 Å². The molecule has 4 aromatic rings. The third kappa shape index (κ3) is 9.29. The molecule has 5 rings (SSSR count). The number of anilines is 1. The summed E-state index contributed by atoms with van der Waals surface area (Å²) in [5.74, 6) is -0.906. The summed E-state index contributed by atoms with van der Waals surface area (Å²) in [5, 5.41) is 15.2. The number of benzene rings is 4. The van der Waals surface area contributed by atoms with Crippen LogP contribution in [-0.4, -0.2) is 55.8 Å². The first kappa shape index (κ1) is 38.3. The lowest BCUT2D eigenvalue weighted by Gasteiger charge is -2.35. The summed E-state index contributed by atoms with van der Waals surface area (Å²) in [7, 11) is -3.32. The zero-order valence-electron chi connectivity index (χ0n) is 29.5. The Hall–Kier alpha value is -4.94. The van der Waals surface area contributed by atoms with Crippen molar-refractivity contribution in [1.29, 1.82) is 0 Å². The Labute approximate surface area is 309 Å². The minimum absolute atomic E-state index is 0.00523. The molecule has 1 unspecified atom stereocenters. The van der Waals surface area contributed by atoms with Gasteiger partial charge in [0.25, 0.3) is 15.7 Å². The third-order valence-corrected chi connectivity index (χ3v) is 11.3. The average Bonchev–Trinajstić information content (AvgIpc) is 3.13. The van der Waals surface area contributed by atoms with Gasteiger partial charge in [-0.3, -0.25) is 24.0 Å². The number of aryl methyl sites for hydroxylation is 2. The van der Waals surface area contributed by atoms with Crippen molar-refractivity contribution < 1.29 is 27.7 Å². The number of sulfonamides is 1. The highest BCUT2D eigenvalue weighted by atomic mass is 35.5. The standard InChI is InChI=1S/C39H43ClN4O7S/c1-27-14-17-30(18-15-27)25-42(36(22-29-10-6-4-7-11-29)39(46)41-32-12-8-5-9-13-32)38(45)26-43(35-23-31(40)19-21-37(35)51-3)52(49,50)33-20-16-28(2)34(24-33)44(47)48/h4,6-7,10-11,14-21,23-24,32,36H,5,8-9,12-13,22,25-26H2,1-3H3,(H,41,46). The number of hydrogen-bond donors (Lipinski definition) is 1. The molecule has 274 valence electrons. The zero-order valence-corrected chi connectivity index (χ0v) is 31.0. The second kappa shape index (κ2) is 17.1. The summed E-state index contributed by atoms with van der Waals surface area (Å²) in [6.07, 6.45) is 4.92. The van der Waals surface area contributed by atoms with E-state index in [1.54, 1.807) is 0 Å². The predicted octanol–water partition coefficient (Wildman–Crippen LogP) is 7.16. The van der Waals surface area contributed by atoms with Crippen LogP contribution in [0, 0.1) is 24.0 Å². The van der Waals surface area contributed by atoms with Crippen molar-refractivity contribution in [2.75, 3.05) is 18.0 Å². The summed E-state index contributed by atoms with van der Waals surface area (Å²) < 4.78 is 35.5. The highest BCUT2D eigenvalue weighted by Crippen LogP contribution is 2.36. The number of nitro benzene ring substituents is 1. The predicted molar refractivity (Wildman–Crippen MR) is 201 cm³/mol. The van der Waals surface area contributed by atoms with Crippen molar-refractivity contribution in [2.24, 2.45) is 0 Å². The van der Waals surface area contributed by atoms with Gasteiger partial charge >= 0.3 is 0 Å². The molecule has 0 spiro atoms. The number of rotatable bonds is 14. The molecule has 1 aliphatic rings. The van der Waals surface area contributed by atoms with Gasteiger partial charge in [0.05, 0.1) is 22.6 Å². The summed E-state index contributed by atoms with van der Waals surface area (Å²) in [4.78, 5) is 41.4. The van der Waals surface area contributed by atoms with Crippen LogP contribution in [0.15, 0.2) is 95.9 Å². The molecule has 0 bridgehead atoms. The molecular weight excluding hydrogens is 704 g/mol. The first-order valence-corrected chi connectivity index (χ1v) is 19.0. The van der Waals surface area contributed by atoms with Gasteiger partial charge in [0, 0.05) is 35.7 Å². The van der Waals surface area contributed by atoms with Crippen molar-refractivity contribution in [3.8, 4) is 5.75 Å². The summed E-state index contributed by atoms with van der Waals surface area (Å²) >= 11 is 6.38. The maximum Gasteiger partial charge on any atom is 0.273 e. The van der Waals surface area contributed by atoms with Crippen LogP contribution in [0.4, 0.5) is 11.4 Å². The van der Waals surface area contributed by atoms with Crippen molar-refractivity contribution in [3.63, 3.8) is 0 Å². The number of carbonyl (C=O) groups is 2. The van der Waals surface area contributed by atoms with E-state index >= 15 is 0 Å². The molecule has 0 radical (unpaired) electrons. The molecule has 4 aromatic carbocycles. The van der Waals surface area contributed by atoms with E-state index in [2.05, 4.69) is 5.32 Å². The van der Waals surface area contributed by atoms with Crippen LogP contribution >= 0.6 is 11.6 Å². The van der Waals surface area contributed by atoms with Crippen LogP contribution in [0.3, 0.4) is 0 Å². The van der Waals surface area contributed by atoms with Crippen molar-refractivity contribution in [1.82, 2.24) is 10.2 Å². The van der Waals surface area contributed by atoms with Crippen molar-refractivity contribution in [3.05, 3.63) is 128 Å². The van der Waals surface area contributed by atoms with Crippen LogP contribution in [0.5, 0.6) is 5.75 Å². The summed E-state index contributed by atoms with van der Waals surface area (Å²) in [6.45, 7) is 2.68. The maximum atomic E-state index is 14.9. The molecule has 0 aliphatic heterocycles. The number of nitro groups is 1. The second-order valence-corrected chi connectivity index (χ2v) is 15.4. The van der Waals surface area contributed by atoms with Crippen molar-refractivity contribution in [2.45, 2.75) is 75.9 Å². The normalized spacial score (nSPS) is 13.9. The summed E-state index contributed by atoms with van der Waals surface area (Å²) in [6, 6.07) is 23.8. The molecule has 1 N–H and O–H groups in total. The Bertz CT molecular complexity index is 2000.